The van der Waals surface area contributed by atoms with E-state index in [1.807, 2.05) is 13.8 Å². The first-order valence-electron chi connectivity index (χ1n) is 8.66. The molecule has 0 aliphatic carbocycles. The Hall–Kier alpha value is -1.36. The van der Waals surface area contributed by atoms with E-state index < -0.39 is 9.84 Å². The maximum atomic E-state index is 11.9. The molecule has 2 rings (SSSR count). The topological polar surface area (TPSA) is 88.1 Å². The van der Waals surface area contributed by atoms with Gasteiger partial charge in [-0.1, -0.05) is 19.1 Å². The largest absolute Gasteiger partial charge is 0.469 e. The zero-order chi connectivity index (χ0) is 19.3. The number of carbonyl (C=O) groups is 1. The number of hydrogen-bond donors (Lipinski definition) is 1. The number of esters is 1. The average molecular weight is 509 g/mol. The first-order chi connectivity index (χ1) is 12.3. The third-order valence-electron chi connectivity index (χ3n) is 4.51. The summed E-state index contributed by atoms with van der Waals surface area (Å²) in [5.41, 5.74) is 0.921. The van der Waals surface area contributed by atoms with Gasteiger partial charge in [0.2, 0.25) is 0 Å². The third kappa shape index (κ3) is 6.34. The Morgan fingerprint density at radius 1 is 1.30 bits per heavy atom. The van der Waals surface area contributed by atoms with Crippen molar-refractivity contribution in [1.82, 2.24) is 10.2 Å². The minimum Gasteiger partial charge on any atom is -0.469 e. The van der Waals surface area contributed by atoms with Crippen molar-refractivity contribution in [3.8, 4) is 0 Å². The van der Waals surface area contributed by atoms with Crippen LogP contribution in [0, 0.1) is 11.8 Å². The van der Waals surface area contributed by atoms with Crippen molar-refractivity contribution in [3.63, 3.8) is 0 Å². The van der Waals surface area contributed by atoms with Gasteiger partial charge in [-0.25, -0.2) is 13.4 Å². The Bertz CT molecular complexity index is 765. The van der Waals surface area contributed by atoms with Crippen LogP contribution < -0.4 is 5.32 Å². The Kier molecular flexibility index (Phi) is 9.00. The molecule has 0 amide bonds. The highest BCUT2D eigenvalue weighted by molar-refractivity contribution is 14.0. The number of sulfone groups is 1. The smallest absolute Gasteiger partial charge is 0.310 e. The molecule has 1 saturated heterocycles. The number of benzene rings is 1. The van der Waals surface area contributed by atoms with Gasteiger partial charge in [-0.2, -0.15) is 0 Å². The van der Waals surface area contributed by atoms with Gasteiger partial charge >= 0.3 is 5.97 Å². The van der Waals surface area contributed by atoms with Crippen LogP contribution in [0.25, 0.3) is 0 Å². The van der Waals surface area contributed by atoms with Crippen LogP contribution in [0.1, 0.15) is 19.4 Å². The number of nitrogens with one attached hydrogen (secondary N) is 1. The molecule has 1 aromatic carbocycles. The standard InChI is InChI=1S/C18H27N3O4S.HI/c1-5-19-18(21-11-13(2)16(12-21)17(22)25-3)20-10-14-6-8-15(9-7-14)26(4,23)24;/h6-9,13,16H,5,10-12H2,1-4H3,(H,19,20);1H. The van der Waals surface area contributed by atoms with Gasteiger partial charge in [0.15, 0.2) is 15.8 Å². The number of carbonyl (C=O) groups excluding carboxylic acids is 1. The second-order valence-electron chi connectivity index (χ2n) is 6.60. The van der Waals surface area contributed by atoms with Crippen LogP contribution >= 0.6 is 24.0 Å². The van der Waals surface area contributed by atoms with E-state index in [0.717, 1.165) is 24.6 Å². The molecule has 1 aliphatic rings. The van der Waals surface area contributed by atoms with Crippen molar-refractivity contribution < 1.29 is 17.9 Å². The minimum atomic E-state index is -3.20. The fourth-order valence-electron chi connectivity index (χ4n) is 3.03. The predicted octanol–water partition coefficient (Wildman–Crippen LogP) is 1.91. The molecule has 0 saturated carbocycles. The summed E-state index contributed by atoms with van der Waals surface area (Å²) in [5, 5.41) is 3.26. The van der Waals surface area contributed by atoms with Crippen LogP contribution in [0.2, 0.25) is 0 Å². The van der Waals surface area contributed by atoms with E-state index in [1.54, 1.807) is 24.3 Å². The lowest BCUT2D eigenvalue weighted by Gasteiger charge is -2.21. The number of guanidine groups is 1. The van der Waals surface area contributed by atoms with Gasteiger partial charge in [0.25, 0.3) is 0 Å². The van der Waals surface area contributed by atoms with Crippen molar-refractivity contribution in [2.24, 2.45) is 16.8 Å². The summed E-state index contributed by atoms with van der Waals surface area (Å²) in [5.74, 6) is 0.600. The SMILES string of the molecule is CCNC(=NCc1ccc(S(C)(=O)=O)cc1)N1CC(C)C(C(=O)OC)C1.I. The quantitative estimate of drug-likeness (QED) is 0.283. The van der Waals surface area contributed by atoms with Gasteiger partial charge in [0.1, 0.15) is 0 Å². The van der Waals surface area contributed by atoms with Crippen LogP contribution in [-0.2, 0) is 25.9 Å². The number of nitrogens with zero attached hydrogens (tertiary/aromatic N) is 2. The highest BCUT2D eigenvalue weighted by Crippen LogP contribution is 2.24. The highest BCUT2D eigenvalue weighted by Gasteiger charge is 2.36. The molecule has 2 atom stereocenters. The molecule has 1 aliphatic heterocycles. The molecule has 1 heterocycles. The molecule has 1 aromatic rings. The van der Waals surface area contributed by atoms with Crippen molar-refractivity contribution in [2.45, 2.75) is 25.3 Å². The summed E-state index contributed by atoms with van der Waals surface area (Å²) in [6.07, 6.45) is 1.19. The van der Waals surface area contributed by atoms with Gasteiger partial charge in [-0.15, -0.1) is 24.0 Å². The van der Waals surface area contributed by atoms with E-state index in [1.165, 1.54) is 13.4 Å². The van der Waals surface area contributed by atoms with Crippen LogP contribution in [0.4, 0.5) is 0 Å². The van der Waals surface area contributed by atoms with E-state index in [-0.39, 0.29) is 41.8 Å². The van der Waals surface area contributed by atoms with E-state index in [4.69, 9.17) is 4.74 Å². The molecule has 27 heavy (non-hydrogen) atoms. The molecule has 2 unspecified atom stereocenters. The molecule has 0 spiro atoms. The molecule has 0 bridgehead atoms. The van der Waals surface area contributed by atoms with E-state index in [2.05, 4.69) is 15.2 Å². The second kappa shape index (κ2) is 10.3. The van der Waals surface area contributed by atoms with Crippen molar-refractivity contribution >= 4 is 45.7 Å². The fourth-order valence-corrected chi connectivity index (χ4v) is 3.66. The normalized spacial score (nSPS) is 20.1. The average Bonchev–Trinajstić information content (AvgIpc) is 2.99. The first-order valence-corrected chi connectivity index (χ1v) is 10.6. The number of hydrogen-bond acceptors (Lipinski definition) is 5. The fraction of sp³-hybridized carbons (Fsp3) is 0.556. The van der Waals surface area contributed by atoms with Gasteiger partial charge in [-0.3, -0.25) is 4.79 Å². The molecular formula is C18H28IN3O4S. The number of methoxy groups -OCH3 is 1. The maximum Gasteiger partial charge on any atom is 0.310 e. The number of rotatable bonds is 5. The molecule has 1 fully saturated rings. The Morgan fingerprint density at radius 3 is 2.44 bits per heavy atom. The van der Waals surface area contributed by atoms with Crippen LogP contribution in [0.5, 0.6) is 0 Å². The Labute approximate surface area is 178 Å². The third-order valence-corrected chi connectivity index (χ3v) is 5.64. The molecule has 9 heteroatoms. The minimum absolute atomic E-state index is 0. The molecule has 1 N–H and O–H groups in total. The lowest BCUT2D eigenvalue weighted by Crippen LogP contribution is -2.40. The zero-order valence-corrected chi connectivity index (χ0v) is 19.3. The molecule has 0 radical (unpaired) electrons. The molecule has 0 aromatic heterocycles. The van der Waals surface area contributed by atoms with Crippen LogP contribution in [0.15, 0.2) is 34.2 Å². The monoisotopic (exact) mass is 509 g/mol. The summed E-state index contributed by atoms with van der Waals surface area (Å²) < 4.78 is 27.9. The Balaban J connectivity index is 0.00000364. The van der Waals surface area contributed by atoms with Gasteiger partial charge in [-0.05, 0) is 30.5 Å². The van der Waals surface area contributed by atoms with Gasteiger partial charge in [0, 0.05) is 25.9 Å². The van der Waals surface area contributed by atoms with E-state index in [9.17, 15) is 13.2 Å². The summed E-state index contributed by atoms with van der Waals surface area (Å²) in [7, 11) is -1.78. The summed E-state index contributed by atoms with van der Waals surface area (Å²) in [6.45, 7) is 6.49. The number of ether oxygens (including phenoxy) is 1. The van der Waals surface area contributed by atoms with Crippen molar-refractivity contribution in [1.29, 1.82) is 0 Å². The molecule has 7 nitrogen and oxygen atoms in total. The van der Waals surface area contributed by atoms with E-state index in [0.29, 0.717) is 18.0 Å². The maximum absolute atomic E-state index is 11.9. The number of aliphatic imine (C=N–C) groups is 1. The highest BCUT2D eigenvalue weighted by atomic mass is 127. The molecule has 152 valence electrons. The Morgan fingerprint density at radius 2 is 1.93 bits per heavy atom. The summed E-state index contributed by atoms with van der Waals surface area (Å²) >= 11 is 0. The lowest BCUT2D eigenvalue weighted by atomic mass is 9.99. The summed E-state index contributed by atoms with van der Waals surface area (Å²) in [6, 6.07) is 6.73. The predicted molar refractivity (Wildman–Crippen MR) is 116 cm³/mol. The van der Waals surface area contributed by atoms with Crippen LogP contribution in [-0.4, -0.2) is 58.2 Å². The number of likely N-dealkylation sites (tertiary alicyclic amines) is 1. The van der Waals surface area contributed by atoms with Crippen molar-refractivity contribution in [2.75, 3.05) is 33.0 Å². The van der Waals surface area contributed by atoms with E-state index >= 15 is 0 Å². The van der Waals surface area contributed by atoms with Crippen molar-refractivity contribution in [3.05, 3.63) is 29.8 Å². The zero-order valence-electron chi connectivity index (χ0n) is 16.1. The van der Waals surface area contributed by atoms with Crippen LogP contribution in [0.3, 0.4) is 0 Å². The van der Waals surface area contributed by atoms with Gasteiger partial charge < -0.3 is 15.0 Å². The second-order valence-corrected chi connectivity index (χ2v) is 8.61. The molecular weight excluding hydrogens is 481 g/mol. The lowest BCUT2D eigenvalue weighted by molar-refractivity contribution is -0.145. The summed E-state index contributed by atoms with van der Waals surface area (Å²) in [4.78, 5) is 18.9. The first kappa shape index (κ1) is 23.7. The van der Waals surface area contributed by atoms with Gasteiger partial charge in [0.05, 0.1) is 24.5 Å². The number of halogens is 1.